The molecule has 4 aromatic rings. The first-order chi connectivity index (χ1) is 17.5. The zero-order chi connectivity index (χ0) is 25.7. The third kappa shape index (κ3) is 5.13. The fourth-order valence-corrected chi connectivity index (χ4v) is 3.90. The molecular formula is C28H28FNO6. The van der Waals surface area contributed by atoms with Gasteiger partial charge in [0.05, 0.1) is 31.7 Å². The van der Waals surface area contributed by atoms with Crippen molar-refractivity contribution in [3.8, 4) is 23.0 Å². The molecule has 0 amide bonds. The van der Waals surface area contributed by atoms with Crippen molar-refractivity contribution in [2.45, 2.75) is 33.3 Å². The number of aryl methyl sites for hydroxylation is 1. The second-order valence-electron chi connectivity index (χ2n) is 8.12. The molecule has 0 saturated carbocycles. The molecule has 0 spiro atoms. The molecule has 0 fully saturated rings. The lowest BCUT2D eigenvalue weighted by molar-refractivity contribution is 0.246. The van der Waals surface area contributed by atoms with Crippen molar-refractivity contribution in [2.75, 3.05) is 14.2 Å². The number of aliphatic hydroxyl groups excluding tert-OH is 1. The number of pyridine rings is 1. The van der Waals surface area contributed by atoms with Crippen molar-refractivity contribution in [2.24, 2.45) is 0 Å². The first-order valence-corrected chi connectivity index (χ1v) is 11.5. The van der Waals surface area contributed by atoms with Crippen molar-refractivity contribution in [1.29, 1.82) is 0 Å². The fraction of sp³-hybridized carbons (Fsp3) is 0.250. The minimum Gasteiger partial charge on any atom is -0.497 e. The van der Waals surface area contributed by atoms with Gasteiger partial charge in [-0.25, -0.2) is 4.39 Å². The number of benzene rings is 3. The molecule has 188 valence electrons. The molecule has 1 aromatic heterocycles. The summed E-state index contributed by atoms with van der Waals surface area (Å²) in [4.78, 5) is 13.0. The van der Waals surface area contributed by atoms with Crippen LogP contribution in [0.4, 0.5) is 4.39 Å². The summed E-state index contributed by atoms with van der Waals surface area (Å²) in [5, 5.41) is 9.76. The summed E-state index contributed by atoms with van der Waals surface area (Å²) in [5.74, 6) is 0.708. The number of aliphatic hydroxyl groups is 1. The summed E-state index contributed by atoms with van der Waals surface area (Å²) in [5.41, 5.74) is 1.46. The van der Waals surface area contributed by atoms with Crippen LogP contribution in [0.5, 0.6) is 23.0 Å². The summed E-state index contributed by atoms with van der Waals surface area (Å²) in [6, 6.07) is 16.0. The van der Waals surface area contributed by atoms with Crippen LogP contribution >= 0.6 is 0 Å². The highest BCUT2D eigenvalue weighted by molar-refractivity contribution is 5.84. The van der Waals surface area contributed by atoms with E-state index in [0.717, 1.165) is 11.1 Å². The minimum atomic E-state index is -0.700. The molecule has 0 saturated heterocycles. The first kappa shape index (κ1) is 25.1. The van der Waals surface area contributed by atoms with Gasteiger partial charge in [-0.2, -0.15) is 0 Å². The Kier molecular flexibility index (Phi) is 7.75. The predicted molar refractivity (Wildman–Crippen MR) is 134 cm³/mol. The molecule has 1 N–H and O–H groups in total. The van der Waals surface area contributed by atoms with Crippen molar-refractivity contribution in [1.82, 2.24) is 4.57 Å². The van der Waals surface area contributed by atoms with E-state index in [1.54, 1.807) is 43.1 Å². The second kappa shape index (κ2) is 11.1. The Hall–Kier alpha value is -4.04. The number of ether oxygens (including phenoxy) is 4. The predicted octanol–water partition coefficient (Wildman–Crippen LogP) is 4.83. The molecule has 0 atom stereocenters. The third-order valence-electron chi connectivity index (χ3n) is 5.90. The number of hydrogen-bond donors (Lipinski definition) is 1. The summed E-state index contributed by atoms with van der Waals surface area (Å²) in [7, 11) is 3.16. The van der Waals surface area contributed by atoms with Crippen LogP contribution in [0.25, 0.3) is 10.9 Å². The Morgan fingerprint density at radius 1 is 0.889 bits per heavy atom. The Bertz CT molecular complexity index is 1400. The lowest BCUT2D eigenvalue weighted by atomic mass is 10.1. The number of hydrogen-bond acceptors (Lipinski definition) is 6. The van der Waals surface area contributed by atoms with Gasteiger partial charge in [-0.15, -0.1) is 0 Å². The highest BCUT2D eigenvalue weighted by atomic mass is 19.1. The van der Waals surface area contributed by atoms with Crippen LogP contribution in [0.3, 0.4) is 0 Å². The second-order valence-corrected chi connectivity index (χ2v) is 8.12. The van der Waals surface area contributed by atoms with E-state index in [1.807, 2.05) is 31.2 Å². The van der Waals surface area contributed by atoms with E-state index >= 15 is 4.39 Å². The average Bonchev–Trinajstić information content (AvgIpc) is 2.92. The van der Waals surface area contributed by atoms with Gasteiger partial charge in [0.1, 0.15) is 24.7 Å². The molecule has 0 bridgehead atoms. The zero-order valence-electron chi connectivity index (χ0n) is 20.4. The van der Waals surface area contributed by atoms with Gasteiger partial charge < -0.3 is 28.6 Å². The number of fused-ring (bicyclic) bond motifs is 1. The molecule has 0 unspecified atom stereocenters. The van der Waals surface area contributed by atoms with Gasteiger partial charge in [0, 0.05) is 18.3 Å². The lowest BCUT2D eigenvalue weighted by Crippen LogP contribution is -2.16. The molecule has 0 aliphatic heterocycles. The average molecular weight is 494 g/mol. The maximum Gasteiger partial charge on any atom is 0.199 e. The van der Waals surface area contributed by atoms with Crippen LogP contribution in [-0.2, 0) is 26.4 Å². The van der Waals surface area contributed by atoms with Gasteiger partial charge in [-0.1, -0.05) is 24.3 Å². The number of aromatic nitrogens is 1. The summed E-state index contributed by atoms with van der Waals surface area (Å²) in [6.45, 7) is 1.97. The van der Waals surface area contributed by atoms with E-state index in [4.69, 9.17) is 18.9 Å². The van der Waals surface area contributed by atoms with Crippen LogP contribution in [0.15, 0.2) is 65.6 Å². The molecule has 36 heavy (non-hydrogen) atoms. The standard InChI is InChI=1S/C28H28FNO6/c1-4-30-14-20(15-31)27(32)23-13-24(35-16-18-5-9-21(33-2)10-6-18)28(25(29)26(23)30)36-17-19-7-11-22(34-3)12-8-19/h5-14,31H,4,15-17H2,1-3H3. The molecule has 8 heteroatoms. The van der Waals surface area contributed by atoms with Crippen molar-refractivity contribution in [3.05, 3.63) is 93.5 Å². The largest absolute Gasteiger partial charge is 0.497 e. The van der Waals surface area contributed by atoms with E-state index in [9.17, 15) is 9.90 Å². The molecule has 1 heterocycles. The van der Waals surface area contributed by atoms with E-state index in [0.29, 0.717) is 18.0 Å². The minimum absolute atomic E-state index is 0.0798. The highest BCUT2D eigenvalue weighted by Crippen LogP contribution is 2.37. The molecule has 0 aliphatic carbocycles. The van der Waals surface area contributed by atoms with E-state index < -0.39 is 17.9 Å². The molecule has 0 aliphatic rings. The Balaban J connectivity index is 1.76. The number of rotatable bonds is 10. The smallest absolute Gasteiger partial charge is 0.199 e. The molecule has 7 nitrogen and oxygen atoms in total. The molecular weight excluding hydrogens is 465 g/mol. The van der Waals surface area contributed by atoms with Crippen molar-refractivity contribution < 1.29 is 28.4 Å². The van der Waals surface area contributed by atoms with Gasteiger partial charge in [0.25, 0.3) is 0 Å². The number of nitrogens with zero attached hydrogens (tertiary/aromatic N) is 1. The monoisotopic (exact) mass is 493 g/mol. The Labute approximate surface area is 208 Å². The van der Waals surface area contributed by atoms with Crippen LogP contribution in [0, 0.1) is 5.82 Å². The van der Waals surface area contributed by atoms with Gasteiger partial charge in [0.2, 0.25) is 0 Å². The highest BCUT2D eigenvalue weighted by Gasteiger charge is 2.22. The fourth-order valence-electron chi connectivity index (χ4n) is 3.90. The van der Waals surface area contributed by atoms with E-state index in [2.05, 4.69) is 0 Å². The van der Waals surface area contributed by atoms with Crippen molar-refractivity contribution in [3.63, 3.8) is 0 Å². The maximum absolute atomic E-state index is 16.0. The van der Waals surface area contributed by atoms with E-state index in [1.165, 1.54) is 12.3 Å². The summed E-state index contributed by atoms with van der Waals surface area (Å²) < 4.78 is 39.8. The van der Waals surface area contributed by atoms with Gasteiger partial charge in [0.15, 0.2) is 22.7 Å². The van der Waals surface area contributed by atoms with Crippen LogP contribution < -0.4 is 24.4 Å². The van der Waals surface area contributed by atoms with Gasteiger partial charge in [-0.3, -0.25) is 4.79 Å². The molecule has 4 rings (SSSR count). The van der Waals surface area contributed by atoms with E-state index in [-0.39, 0.29) is 41.2 Å². The Morgan fingerprint density at radius 3 is 1.94 bits per heavy atom. The zero-order valence-corrected chi connectivity index (χ0v) is 20.4. The third-order valence-corrected chi connectivity index (χ3v) is 5.90. The van der Waals surface area contributed by atoms with Gasteiger partial charge >= 0.3 is 0 Å². The Morgan fingerprint density at radius 2 is 1.44 bits per heavy atom. The topological polar surface area (TPSA) is 79.2 Å². The summed E-state index contributed by atoms with van der Waals surface area (Å²) in [6.07, 6.45) is 1.47. The normalized spacial score (nSPS) is 10.9. The van der Waals surface area contributed by atoms with Crippen LogP contribution in [0.2, 0.25) is 0 Å². The maximum atomic E-state index is 16.0. The van der Waals surface area contributed by atoms with Crippen LogP contribution in [-0.4, -0.2) is 23.9 Å². The number of methoxy groups -OCH3 is 2. The number of halogens is 1. The molecule has 3 aromatic carbocycles. The first-order valence-electron chi connectivity index (χ1n) is 11.5. The van der Waals surface area contributed by atoms with Crippen molar-refractivity contribution >= 4 is 10.9 Å². The lowest BCUT2D eigenvalue weighted by Gasteiger charge is -2.18. The quantitative estimate of drug-likeness (QED) is 0.341. The SMILES string of the molecule is CCn1cc(CO)c(=O)c2cc(OCc3ccc(OC)cc3)c(OCc3ccc(OC)cc3)c(F)c21. The van der Waals surface area contributed by atoms with Gasteiger partial charge in [-0.05, 0) is 48.4 Å². The molecule has 0 radical (unpaired) electrons. The summed E-state index contributed by atoms with van der Waals surface area (Å²) >= 11 is 0. The van der Waals surface area contributed by atoms with Crippen LogP contribution in [0.1, 0.15) is 23.6 Å².